The van der Waals surface area contributed by atoms with E-state index in [9.17, 15) is 0 Å². The van der Waals surface area contributed by atoms with Crippen molar-refractivity contribution in [2.75, 3.05) is 52.9 Å². The summed E-state index contributed by atoms with van der Waals surface area (Å²) >= 11 is 0. The molecule has 0 amide bonds. The maximum absolute atomic E-state index is 7.07. The van der Waals surface area contributed by atoms with E-state index >= 15 is 0 Å². The number of fused-ring (bicyclic) bond motifs is 3. The summed E-state index contributed by atoms with van der Waals surface area (Å²) in [5.41, 5.74) is 5.24. The molecule has 0 spiro atoms. The van der Waals surface area contributed by atoms with Gasteiger partial charge in [-0.3, -0.25) is 0 Å². The molecule has 10 nitrogen and oxygen atoms in total. The van der Waals surface area contributed by atoms with Crippen LogP contribution < -0.4 is 37.9 Å². The quantitative estimate of drug-likeness (QED) is 0.0501. The third-order valence-corrected chi connectivity index (χ3v) is 10.7. The average Bonchev–Trinajstić information content (AvgIpc) is 3.56. The highest BCUT2D eigenvalue weighted by atomic mass is 16.6. The van der Waals surface area contributed by atoms with Crippen molar-refractivity contribution in [1.29, 1.82) is 0 Å². The SMILES string of the molecule is C=COc1c(OCC)c(OCC)c(C2(c3c(OCC)c(OCC)c(OC=C)c(C(CC)OCC)c3OCC)c3ccccc3-c3ccccc32)c(OCC)c1C(CC)OCC. The second-order valence-electron chi connectivity index (χ2n) is 13.9. The van der Waals surface area contributed by atoms with Gasteiger partial charge in [-0.2, -0.15) is 0 Å². The van der Waals surface area contributed by atoms with Crippen molar-refractivity contribution in [3.63, 3.8) is 0 Å². The zero-order chi connectivity index (χ0) is 44.1. The molecule has 0 N–H and O–H groups in total. The van der Waals surface area contributed by atoms with Crippen LogP contribution in [0.25, 0.3) is 11.1 Å². The van der Waals surface area contributed by atoms with Crippen LogP contribution in [0.5, 0.6) is 46.0 Å². The first kappa shape index (κ1) is 46.7. The summed E-state index contributed by atoms with van der Waals surface area (Å²) in [6.07, 6.45) is 3.01. The van der Waals surface area contributed by atoms with Crippen LogP contribution in [0.1, 0.15) is 128 Å². The lowest BCUT2D eigenvalue weighted by Gasteiger charge is -2.41. The molecule has 0 heterocycles. The molecule has 0 aliphatic heterocycles. The molecule has 1 aliphatic rings. The Morgan fingerprint density at radius 1 is 0.426 bits per heavy atom. The molecule has 61 heavy (non-hydrogen) atoms. The van der Waals surface area contributed by atoms with E-state index in [4.69, 9.17) is 47.4 Å². The summed E-state index contributed by atoms with van der Waals surface area (Å²) in [4.78, 5) is 0. The molecule has 5 rings (SSSR count). The zero-order valence-electron chi connectivity index (χ0n) is 38.0. The smallest absolute Gasteiger partial charge is 0.205 e. The molecule has 0 saturated carbocycles. The van der Waals surface area contributed by atoms with E-state index in [1.165, 1.54) is 12.5 Å². The van der Waals surface area contributed by atoms with Gasteiger partial charge in [-0.1, -0.05) is 75.5 Å². The minimum atomic E-state index is -1.33. The van der Waals surface area contributed by atoms with Gasteiger partial charge in [-0.25, -0.2) is 0 Å². The van der Waals surface area contributed by atoms with E-state index in [0.717, 1.165) is 22.3 Å². The lowest BCUT2D eigenvalue weighted by molar-refractivity contribution is 0.0552. The molecule has 0 bridgehead atoms. The maximum atomic E-state index is 7.07. The molecule has 0 fully saturated rings. The van der Waals surface area contributed by atoms with Gasteiger partial charge >= 0.3 is 0 Å². The van der Waals surface area contributed by atoms with E-state index in [2.05, 4.69) is 75.5 Å². The second kappa shape index (κ2) is 22.0. The summed E-state index contributed by atoms with van der Waals surface area (Å²) in [5, 5.41) is 0. The first-order valence-electron chi connectivity index (χ1n) is 22.1. The molecule has 1 aliphatic carbocycles. The normalized spacial score (nSPS) is 13.3. The summed E-state index contributed by atoms with van der Waals surface area (Å²) in [7, 11) is 0. The van der Waals surface area contributed by atoms with Crippen LogP contribution in [-0.4, -0.2) is 52.9 Å². The van der Waals surface area contributed by atoms with Gasteiger partial charge in [0.15, 0.2) is 23.0 Å². The Morgan fingerprint density at radius 3 is 1.07 bits per heavy atom. The second-order valence-corrected chi connectivity index (χ2v) is 13.9. The van der Waals surface area contributed by atoms with E-state index in [0.29, 0.717) is 121 Å². The largest absolute Gasteiger partial charge is 0.493 e. The van der Waals surface area contributed by atoms with Crippen LogP contribution in [0, 0.1) is 0 Å². The van der Waals surface area contributed by atoms with E-state index in [1.54, 1.807) is 0 Å². The van der Waals surface area contributed by atoms with Gasteiger partial charge in [0.05, 0.1) is 92.0 Å². The number of benzene rings is 4. The van der Waals surface area contributed by atoms with Crippen LogP contribution in [-0.2, 0) is 14.9 Å². The topological polar surface area (TPSA) is 92.3 Å². The molecule has 330 valence electrons. The molecule has 2 atom stereocenters. The van der Waals surface area contributed by atoms with Crippen molar-refractivity contribution in [3.05, 3.63) is 108 Å². The molecule has 0 saturated heterocycles. The summed E-state index contributed by atoms with van der Waals surface area (Å²) in [5.74, 6) is 3.50. The zero-order valence-corrected chi connectivity index (χ0v) is 38.0. The van der Waals surface area contributed by atoms with Crippen molar-refractivity contribution >= 4 is 0 Å². The van der Waals surface area contributed by atoms with Crippen molar-refractivity contribution < 1.29 is 47.4 Å². The monoisotopic (exact) mass is 838 g/mol. The highest BCUT2D eigenvalue weighted by Crippen LogP contribution is 2.69. The van der Waals surface area contributed by atoms with Gasteiger partial charge in [0.2, 0.25) is 11.5 Å². The summed E-state index contributed by atoms with van der Waals surface area (Å²) in [6, 6.07) is 16.9. The molecule has 4 aromatic rings. The third kappa shape index (κ3) is 8.37. The number of rotatable bonds is 26. The fourth-order valence-corrected chi connectivity index (χ4v) is 8.84. The Hall–Kier alpha value is -5.32. The Bertz CT molecular complexity index is 1960. The van der Waals surface area contributed by atoms with Gasteiger partial charge in [-0.05, 0) is 90.5 Å². The van der Waals surface area contributed by atoms with Crippen LogP contribution in [0.3, 0.4) is 0 Å². The maximum Gasteiger partial charge on any atom is 0.205 e. The molecular weight excluding hydrogens is 773 g/mol. The molecular formula is C51H66O10. The molecule has 0 aromatic heterocycles. The minimum absolute atomic E-state index is 0.286. The predicted molar refractivity (Wildman–Crippen MR) is 242 cm³/mol. The van der Waals surface area contributed by atoms with Gasteiger partial charge in [0, 0.05) is 13.2 Å². The van der Waals surface area contributed by atoms with Gasteiger partial charge in [-0.15, -0.1) is 0 Å². The molecule has 10 heteroatoms. The fourth-order valence-electron chi connectivity index (χ4n) is 8.84. The van der Waals surface area contributed by atoms with E-state index in [-0.39, 0.29) is 13.2 Å². The van der Waals surface area contributed by atoms with Crippen molar-refractivity contribution in [1.82, 2.24) is 0 Å². The highest BCUT2D eigenvalue weighted by molar-refractivity contribution is 5.92. The van der Waals surface area contributed by atoms with Gasteiger partial charge < -0.3 is 47.4 Å². The predicted octanol–water partition coefficient (Wildman–Crippen LogP) is 12.5. The summed E-state index contributed by atoms with van der Waals surface area (Å²) in [6.45, 7) is 30.5. The number of ether oxygens (including phenoxy) is 10. The summed E-state index contributed by atoms with van der Waals surface area (Å²) < 4.78 is 67.5. The lowest BCUT2D eigenvalue weighted by atomic mass is 9.65. The van der Waals surface area contributed by atoms with Crippen molar-refractivity contribution in [3.8, 4) is 57.1 Å². The Labute approximate surface area is 363 Å². The lowest BCUT2D eigenvalue weighted by Crippen LogP contribution is -2.33. The van der Waals surface area contributed by atoms with Crippen molar-refractivity contribution in [2.24, 2.45) is 0 Å². The molecule has 0 radical (unpaired) electrons. The Balaban J connectivity index is 2.34. The standard InChI is InChI=1S/C51H66O10/c1-13-37(52-15-3)39-43(54-17-5)41(47(58-21-9)49(60-23-11)45(39)56-19-7)51(35-31-27-25-29-33(35)34-30-26-28-32-36(34)51)42-44(55-18-6)40(38(14-2)53-16-4)46(57-20-8)50(61-24-12)48(42)59-22-10/h19-20,25-32,37-38H,7-8,13-18,21-24H2,1-6,9-12H3. The highest BCUT2D eigenvalue weighted by Gasteiger charge is 2.56. The third-order valence-electron chi connectivity index (χ3n) is 10.7. The van der Waals surface area contributed by atoms with E-state index < -0.39 is 17.6 Å². The molecule has 2 unspecified atom stereocenters. The number of hydrogen-bond donors (Lipinski definition) is 0. The minimum Gasteiger partial charge on any atom is -0.493 e. The van der Waals surface area contributed by atoms with Crippen LogP contribution in [0.4, 0.5) is 0 Å². The van der Waals surface area contributed by atoms with E-state index in [1.807, 2.05) is 55.4 Å². The van der Waals surface area contributed by atoms with Crippen molar-refractivity contribution in [2.45, 2.75) is 99.7 Å². The Morgan fingerprint density at radius 2 is 0.754 bits per heavy atom. The number of hydrogen-bond acceptors (Lipinski definition) is 10. The van der Waals surface area contributed by atoms with Gasteiger partial charge in [0.1, 0.15) is 11.5 Å². The fraction of sp³-hybridized carbons (Fsp3) is 0.451. The molecule has 4 aromatic carbocycles. The Kier molecular flexibility index (Phi) is 16.8. The first-order chi connectivity index (χ1) is 29.8. The van der Waals surface area contributed by atoms with Crippen LogP contribution in [0.15, 0.2) is 74.2 Å². The first-order valence-corrected chi connectivity index (χ1v) is 22.1. The van der Waals surface area contributed by atoms with Crippen LogP contribution >= 0.6 is 0 Å². The average molecular weight is 839 g/mol. The van der Waals surface area contributed by atoms with Gasteiger partial charge in [0.25, 0.3) is 0 Å². The van der Waals surface area contributed by atoms with Crippen LogP contribution in [0.2, 0.25) is 0 Å².